The molecule has 0 fully saturated rings. The van der Waals surface area contributed by atoms with Crippen LogP contribution < -0.4 is 3.33 Å². The zero-order valence-corrected chi connectivity index (χ0v) is 11.8. The molecule has 1 aromatic carbocycles. The van der Waals surface area contributed by atoms with E-state index in [-0.39, 0.29) is 17.0 Å². The van der Waals surface area contributed by atoms with Gasteiger partial charge in [-0.1, -0.05) is 12.1 Å². The lowest BCUT2D eigenvalue weighted by Crippen LogP contribution is -2.24. The Labute approximate surface area is 109 Å². The number of ether oxygens (including phenoxy) is 1. The van der Waals surface area contributed by atoms with Crippen LogP contribution in [0, 0.1) is 0 Å². The third kappa shape index (κ3) is 2.98. The van der Waals surface area contributed by atoms with E-state index in [0.717, 1.165) is 3.33 Å². The molecule has 0 aliphatic rings. The average Bonchev–Trinajstić information content (AvgIpc) is 2.36. The van der Waals surface area contributed by atoms with Crippen LogP contribution in [0.25, 0.3) is 0 Å². The number of hydrogen-bond acceptors (Lipinski definition) is 4. The fraction of sp³-hybridized carbons (Fsp3) is 0.300. The molecule has 0 N–H and O–H groups in total. The summed E-state index contributed by atoms with van der Waals surface area (Å²) in [5.74, 6) is -0.662. The molecule has 1 rings (SSSR count). The number of halogens is 1. The lowest BCUT2D eigenvalue weighted by molar-refractivity contribution is 0.0602. The highest BCUT2D eigenvalue weighted by molar-refractivity contribution is 9.11. The summed E-state index contributed by atoms with van der Waals surface area (Å²) < 4.78 is 28.9. The standard InChI is InChI=1S/C10H12BrNO4S/c1-3-17(14,15)12(11)9-7-5-4-6-8(9)10(13)16-2/h4-7H,3H2,1-2H3. The number of sulfonamides is 1. The predicted molar refractivity (Wildman–Crippen MR) is 68.6 cm³/mol. The first-order chi connectivity index (χ1) is 7.94. The molecule has 0 aliphatic heterocycles. The maximum Gasteiger partial charge on any atom is 0.340 e. The molecule has 0 heterocycles. The van der Waals surface area contributed by atoms with Gasteiger partial charge in [0.1, 0.15) is 0 Å². The Bertz CT molecular complexity index is 515. The molecular formula is C10H12BrNO4S. The summed E-state index contributed by atoms with van der Waals surface area (Å²) >= 11 is 2.95. The first-order valence-corrected chi connectivity index (χ1v) is 7.12. The van der Waals surface area contributed by atoms with Crippen LogP contribution in [-0.4, -0.2) is 27.2 Å². The van der Waals surface area contributed by atoms with Gasteiger partial charge in [-0.2, -0.15) is 0 Å². The fourth-order valence-electron chi connectivity index (χ4n) is 1.17. The zero-order valence-electron chi connectivity index (χ0n) is 9.38. The van der Waals surface area contributed by atoms with Gasteiger partial charge in [-0.25, -0.2) is 16.5 Å². The second-order valence-corrected chi connectivity index (χ2v) is 6.41. The van der Waals surface area contributed by atoms with Gasteiger partial charge in [0.2, 0.25) is 10.0 Å². The number of esters is 1. The van der Waals surface area contributed by atoms with Crippen molar-refractivity contribution in [3.63, 3.8) is 0 Å². The molecule has 7 heteroatoms. The highest BCUT2D eigenvalue weighted by atomic mass is 79.9. The van der Waals surface area contributed by atoms with Crippen LogP contribution in [0.15, 0.2) is 24.3 Å². The summed E-state index contributed by atoms with van der Waals surface area (Å²) in [4.78, 5) is 11.5. The van der Waals surface area contributed by atoms with Crippen LogP contribution in [0.2, 0.25) is 0 Å². The topological polar surface area (TPSA) is 63.7 Å². The lowest BCUT2D eigenvalue weighted by atomic mass is 10.2. The largest absolute Gasteiger partial charge is 0.465 e. The van der Waals surface area contributed by atoms with Crippen LogP contribution in [0.3, 0.4) is 0 Å². The van der Waals surface area contributed by atoms with Crippen LogP contribution in [0.5, 0.6) is 0 Å². The molecule has 0 spiro atoms. The van der Waals surface area contributed by atoms with Crippen molar-refractivity contribution in [2.75, 3.05) is 16.2 Å². The quantitative estimate of drug-likeness (QED) is 0.628. The van der Waals surface area contributed by atoms with Crippen molar-refractivity contribution in [3.8, 4) is 0 Å². The number of rotatable bonds is 4. The van der Waals surface area contributed by atoms with Crippen molar-refractivity contribution in [1.29, 1.82) is 0 Å². The minimum absolute atomic E-state index is 0.0756. The number of carbonyl (C=O) groups is 1. The Balaban J connectivity index is 3.28. The molecule has 0 unspecified atom stereocenters. The molecule has 0 aromatic heterocycles. The summed E-state index contributed by atoms with van der Waals surface area (Å²) in [5, 5.41) is 0. The molecule has 1 aromatic rings. The van der Waals surface area contributed by atoms with E-state index in [1.165, 1.54) is 26.2 Å². The number of nitrogens with zero attached hydrogens (tertiary/aromatic N) is 1. The number of para-hydroxylation sites is 1. The maximum atomic E-state index is 11.7. The average molecular weight is 322 g/mol. The number of methoxy groups -OCH3 is 1. The third-order valence-electron chi connectivity index (χ3n) is 2.11. The molecule has 94 valence electrons. The minimum Gasteiger partial charge on any atom is -0.465 e. The van der Waals surface area contributed by atoms with Gasteiger partial charge in [0.05, 0.1) is 40.3 Å². The van der Waals surface area contributed by atoms with Gasteiger partial charge in [0, 0.05) is 0 Å². The normalized spacial score (nSPS) is 11.0. The van der Waals surface area contributed by atoms with E-state index in [4.69, 9.17) is 0 Å². The molecule has 0 bridgehead atoms. The first-order valence-electron chi connectivity index (χ1n) is 4.80. The fourth-order valence-corrected chi connectivity index (χ4v) is 2.78. The van der Waals surface area contributed by atoms with Crippen molar-refractivity contribution in [2.45, 2.75) is 6.92 Å². The number of hydrogen-bond donors (Lipinski definition) is 0. The van der Waals surface area contributed by atoms with E-state index >= 15 is 0 Å². The number of benzene rings is 1. The molecule has 17 heavy (non-hydrogen) atoms. The van der Waals surface area contributed by atoms with Gasteiger partial charge in [0.15, 0.2) is 0 Å². The monoisotopic (exact) mass is 321 g/mol. The predicted octanol–water partition coefficient (Wildman–Crippen LogP) is 1.94. The van der Waals surface area contributed by atoms with E-state index in [1.807, 2.05) is 0 Å². The molecular weight excluding hydrogens is 310 g/mol. The van der Waals surface area contributed by atoms with E-state index in [2.05, 4.69) is 20.9 Å². The van der Waals surface area contributed by atoms with Crippen LogP contribution in [-0.2, 0) is 14.8 Å². The lowest BCUT2D eigenvalue weighted by Gasteiger charge is -2.17. The third-order valence-corrected chi connectivity index (χ3v) is 5.23. The van der Waals surface area contributed by atoms with Gasteiger partial charge >= 0.3 is 5.97 Å². The molecule has 0 radical (unpaired) electrons. The summed E-state index contributed by atoms with van der Waals surface area (Å²) in [6, 6.07) is 6.30. The second-order valence-electron chi connectivity index (χ2n) is 3.12. The molecule has 0 atom stereocenters. The molecule has 0 saturated carbocycles. The van der Waals surface area contributed by atoms with Gasteiger partial charge in [-0.05, 0) is 19.1 Å². The van der Waals surface area contributed by atoms with Gasteiger partial charge < -0.3 is 4.74 Å². The molecule has 0 saturated heterocycles. The van der Waals surface area contributed by atoms with Gasteiger partial charge in [-0.15, -0.1) is 0 Å². The molecule has 5 nitrogen and oxygen atoms in total. The van der Waals surface area contributed by atoms with E-state index in [0.29, 0.717) is 0 Å². The Morgan fingerprint density at radius 1 is 1.41 bits per heavy atom. The van der Waals surface area contributed by atoms with Gasteiger partial charge in [0.25, 0.3) is 0 Å². The van der Waals surface area contributed by atoms with Crippen LogP contribution >= 0.6 is 16.1 Å². The summed E-state index contributed by atoms with van der Waals surface area (Å²) in [6.07, 6.45) is 0. The first kappa shape index (κ1) is 14.0. The zero-order chi connectivity index (χ0) is 13.1. The summed E-state index contributed by atoms with van der Waals surface area (Å²) in [5.41, 5.74) is 0.421. The molecule has 0 amide bonds. The van der Waals surface area contributed by atoms with Crippen molar-refractivity contribution in [3.05, 3.63) is 29.8 Å². The van der Waals surface area contributed by atoms with Crippen molar-refractivity contribution in [2.24, 2.45) is 0 Å². The van der Waals surface area contributed by atoms with Crippen LogP contribution in [0.4, 0.5) is 5.69 Å². The Kier molecular flexibility index (Phi) is 4.53. The smallest absolute Gasteiger partial charge is 0.340 e. The van der Waals surface area contributed by atoms with E-state index in [9.17, 15) is 13.2 Å². The van der Waals surface area contributed by atoms with E-state index in [1.54, 1.807) is 12.1 Å². The van der Waals surface area contributed by atoms with Crippen molar-refractivity contribution >= 4 is 37.8 Å². The minimum atomic E-state index is -3.47. The van der Waals surface area contributed by atoms with Crippen LogP contribution in [0.1, 0.15) is 17.3 Å². The SMILES string of the molecule is CCS(=O)(=O)N(Br)c1ccccc1C(=O)OC. The molecule has 0 aliphatic carbocycles. The van der Waals surface area contributed by atoms with Crippen molar-refractivity contribution < 1.29 is 17.9 Å². The summed E-state index contributed by atoms with van der Waals surface area (Å²) in [7, 11) is -2.23. The maximum absolute atomic E-state index is 11.7. The number of carbonyl (C=O) groups excluding carboxylic acids is 1. The van der Waals surface area contributed by atoms with E-state index < -0.39 is 16.0 Å². The Hall–Kier alpha value is -1.08. The summed E-state index contributed by atoms with van der Waals surface area (Å²) in [6.45, 7) is 1.52. The second kappa shape index (κ2) is 5.50. The highest BCUT2D eigenvalue weighted by Gasteiger charge is 2.23. The van der Waals surface area contributed by atoms with Crippen molar-refractivity contribution in [1.82, 2.24) is 0 Å². The number of anilines is 1. The Morgan fingerprint density at radius 3 is 2.53 bits per heavy atom. The van der Waals surface area contributed by atoms with Gasteiger partial charge in [-0.3, -0.25) is 0 Å². The highest BCUT2D eigenvalue weighted by Crippen LogP contribution is 2.27. The Morgan fingerprint density at radius 2 is 2.00 bits per heavy atom.